The van der Waals surface area contributed by atoms with E-state index in [1.165, 1.54) is 11.3 Å². The number of nitrogens with zero attached hydrogens (tertiary/aromatic N) is 2. The molecule has 0 aromatic heterocycles. The van der Waals surface area contributed by atoms with Crippen LogP contribution in [0, 0.1) is 0 Å². The monoisotopic (exact) mass is 304 g/mol. The van der Waals surface area contributed by atoms with Crippen LogP contribution in [0.2, 0.25) is 0 Å². The summed E-state index contributed by atoms with van der Waals surface area (Å²) in [4.78, 5) is 26.9. The highest BCUT2D eigenvalue weighted by Crippen LogP contribution is 2.26. The molecule has 3 amide bonds. The van der Waals surface area contributed by atoms with Gasteiger partial charge in [-0.15, -0.1) is 0 Å². The van der Waals surface area contributed by atoms with E-state index in [0.29, 0.717) is 12.6 Å². The second-order valence-corrected chi connectivity index (χ2v) is 5.70. The highest BCUT2D eigenvalue weighted by molar-refractivity contribution is 5.93. The van der Waals surface area contributed by atoms with E-state index < -0.39 is 6.03 Å². The smallest absolute Gasteiger partial charge is 0.318 e. The Bertz CT molecular complexity index is 547. The number of hydrogen-bond acceptors (Lipinski definition) is 4. The minimum Gasteiger partial charge on any atom is -0.373 e. The molecular formula is C16H24N4O2. The van der Waals surface area contributed by atoms with Crippen molar-refractivity contribution in [2.24, 2.45) is 5.73 Å². The highest BCUT2D eigenvalue weighted by Gasteiger charge is 2.25. The van der Waals surface area contributed by atoms with Crippen molar-refractivity contribution in [2.75, 3.05) is 25.0 Å². The van der Waals surface area contributed by atoms with Crippen LogP contribution in [0.1, 0.15) is 25.3 Å². The highest BCUT2D eigenvalue weighted by atomic mass is 16.2. The van der Waals surface area contributed by atoms with E-state index in [9.17, 15) is 9.59 Å². The van der Waals surface area contributed by atoms with Gasteiger partial charge in [0.05, 0.1) is 0 Å². The number of nitrogens with two attached hydrogens (primary N) is 1. The summed E-state index contributed by atoms with van der Waals surface area (Å²) in [5.41, 5.74) is 7.47. The normalized spacial score (nSPS) is 18.5. The lowest BCUT2D eigenvalue weighted by atomic mass is 10.1. The average Bonchev–Trinajstić information content (AvgIpc) is 2.61. The quantitative estimate of drug-likeness (QED) is 0.879. The topological polar surface area (TPSA) is 78.7 Å². The van der Waals surface area contributed by atoms with Crippen molar-refractivity contribution in [3.8, 4) is 0 Å². The molecule has 120 valence electrons. The van der Waals surface area contributed by atoms with Crippen LogP contribution in [0.25, 0.3) is 0 Å². The number of urea groups is 1. The maximum absolute atomic E-state index is 11.6. The SMILES string of the molecule is CCC1CN(C)c2ccccc2CN1CCC(=O)NC(N)=O. The van der Waals surface area contributed by atoms with Gasteiger partial charge < -0.3 is 10.6 Å². The minimum atomic E-state index is -0.794. The first-order chi connectivity index (χ1) is 10.5. The summed E-state index contributed by atoms with van der Waals surface area (Å²) in [5.74, 6) is -0.326. The molecule has 0 fully saturated rings. The molecule has 1 aliphatic rings. The van der Waals surface area contributed by atoms with Gasteiger partial charge in [0.2, 0.25) is 5.91 Å². The molecule has 1 aromatic rings. The Labute approximate surface area is 131 Å². The maximum Gasteiger partial charge on any atom is 0.318 e. The predicted octanol–water partition coefficient (Wildman–Crippen LogP) is 1.30. The number of amides is 3. The summed E-state index contributed by atoms with van der Waals surface area (Å²) in [5, 5.41) is 2.12. The third kappa shape index (κ3) is 3.98. The summed E-state index contributed by atoms with van der Waals surface area (Å²) < 4.78 is 0. The van der Waals surface area contributed by atoms with Crippen LogP contribution < -0.4 is 16.0 Å². The standard InChI is InChI=1S/C16H24N4O2/c1-3-13-11-19(2)14-7-5-4-6-12(14)10-20(13)9-8-15(21)18-16(17)22/h4-7,13H,3,8-11H2,1-2H3,(H3,17,18,21,22). The first-order valence-electron chi connectivity index (χ1n) is 7.63. The number of benzene rings is 1. The molecule has 0 spiro atoms. The van der Waals surface area contributed by atoms with E-state index in [1.54, 1.807) is 0 Å². The predicted molar refractivity (Wildman–Crippen MR) is 86.5 cm³/mol. The lowest BCUT2D eigenvalue weighted by Gasteiger charge is -2.30. The van der Waals surface area contributed by atoms with Gasteiger partial charge in [-0.2, -0.15) is 0 Å². The summed E-state index contributed by atoms with van der Waals surface area (Å²) in [7, 11) is 2.10. The van der Waals surface area contributed by atoms with Crippen LogP contribution in [-0.2, 0) is 11.3 Å². The van der Waals surface area contributed by atoms with Crippen LogP contribution in [-0.4, -0.2) is 43.0 Å². The number of rotatable bonds is 4. The zero-order valence-corrected chi connectivity index (χ0v) is 13.2. The zero-order valence-electron chi connectivity index (χ0n) is 13.2. The van der Waals surface area contributed by atoms with Crippen LogP contribution in [0.3, 0.4) is 0 Å². The zero-order chi connectivity index (χ0) is 16.1. The van der Waals surface area contributed by atoms with Crippen molar-refractivity contribution in [1.82, 2.24) is 10.2 Å². The van der Waals surface area contributed by atoms with Gasteiger partial charge in [-0.25, -0.2) is 4.79 Å². The number of hydrogen-bond donors (Lipinski definition) is 2. The summed E-state index contributed by atoms with van der Waals surface area (Å²) >= 11 is 0. The van der Waals surface area contributed by atoms with E-state index >= 15 is 0 Å². The second kappa shape index (κ2) is 7.26. The average molecular weight is 304 g/mol. The van der Waals surface area contributed by atoms with Gasteiger partial charge >= 0.3 is 6.03 Å². The van der Waals surface area contributed by atoms with E-state index in [-0.39, 0.29) is 12.3 Å². The molecule has 3 N–H and O–H groups in total. The minimum absolute atomic E-state index is 0.269. The summed E-state index contributed by atoms with van der Waals surface area (Å²) in [6.45, 7) is 4.50. The Morgan fingerprint density at radius 2 is 2.09 bits per heavy atom. The molecule has 0 saturated carbocycles. The molecule has 0 radical (unpaired) electrons. The molecule has 0 saturated heterocycles. The first-order valence-corrected chi connectivity index (χ1v) is 7.63. The number of para-hydroxylation sites is 1. The number of nitrogens with one attached hydrogen (secondary N) is 1. The third-order valence-corrected chi connectivity index (χ3v) is 4.14. The number of carbonyl (C=O) groups excluding carboxylic acids is 2. The van der Waals surface area contributed by atoms with Crippen LogP contribution >= 0.6 is 0 Å². The van der Waals surface area contributed by atoms with Gasteiger partial charge in [-0.1, -0.05) is 25.1 Å². The van der Waals surface area contributed by atoms with Crippen LogP contribution in [0.15, 0.2) is 24.3 Å². The number of likely N-dealkylation sites (N-methyl/N-ethyl adjacent to an activating group) is 1. The Morgan fingerprint density at radius 1 is 1.36 bits per heavy atom. The van der Waals surface area contributed by atoms with E-state index in [1.807, 2.05) is 12.1 Å². The number of primary amides is 1. The summed E-state index contributed by atoms with van der Waals surface area (Å²) in [6.07, 6.45) is 1.28. The molecule has 1 aromatic carbocycles. The van der Waals surface area contributed by atoms with E-state index in [2.05, 4.69) is 41.2 Å². The Kier molecular flexibility index (Phi) is 5.38. The Balaban J connectivity index is 2.08. The molecule has 6 heteroatoms. The molecule has 6 nitrogen and oxygen atoms in total. The summed E-state index contributed by atoms with van der Waals surface area (Å²) in [6, 6.07) is 7.92. The molecule has 1 heterocycles. The number of anilines is 1. The van der Waals surface area contributed by atoms with E-state index in [4.69, 9.17) is 5.73 Å². The van der Waals surface area contributed by atoms with Gasteiger partial charge in [0.25, 0.3) is 0 Å². The molecular weight excluding hydrogens is 280 g/mol. The van der Waals surface area contributed by atoms with Gasteiger partial charge in [0, 0.05) is 44.8 Å². The van der Waals surface area contributed by atoms with Gasteiger partial charge in [-0.3, -0.25) is 15.0 Å². The fourth-order valence-electron chi connectivity index (χ4n) is 2.99. The maximum atomic E-state index is 11.6. The van der Waals surface area contributed by atoms with Crippen LogP contribution in [0.4, 0.5) is 10.5 Å². The number of carbonyl (C=O) groups is 2. The molecule has 1 unspecified atom stereocenters. The van der Waals surface area contributed by atoms with Gasteiger partial charge in [0.1, 0.15) is 0 Å². The molecule has 22 heavy (non-hydrogen) atoms. The van der Waals surface area contributed by atoms with Gasteiger partial charge in [0.15, 0.2) is 0 Å². The second-order valence-electron chi connectivity index (χ2n) is 5.70. The van der Waals surface area contributed by atoms with Crippen LogP contribution in [0.5, 0.6) is 0 Å². The Hall–Kier alpha value is -2.08. The Morgan fingerprint density at radius 3 is 2.77 bits per heavy atom. The largest absolute Gasteiger partial charge is 0.373 e. The number of fused-ring (bicyclic) bond motifs is 1. The van der Waals surface area contributed by atoms with Crippen molar-refractivity contribution in [2.45, 2.75) is 32.4 Å². The van der Waals surface area contributed by atoms with E-state index in [0.717, 1.165) is 19.5 Å². The lowest BCUT2D eigenvalue weighted by Crippen LogP contribution is -2.42. The molecule has 1 atom stereocenters. The molecule has 1 aliphatic heterocycles. The molecule has 0 bridgehead atoms. The third-order valence-electron chi connectivity index (χ3n) is 4.14. The lowest BCUT2D eigenvalue weighted by molar-refractivity contribution is -0.120. The fraction of sp³-hybridized carbons (Fsp3) is 0.500. The first kappa shape index (κ1) is 16.3. The fourth-order valence-corrected chi connectivity index (χ4v) is 2.99. The van der Waals surface area contributed by atoms with Crippen molar-refractivity contribution in [1.29, 1.82) is 0 Å². The van der Waals surface area contributed by atoms with Crippen molar-refractivity contribution in [3.63, 3.8) is 0 Å². The van der Waals surface area contributed by atoms with Crippen molar-refractivity contribution < 1.29 is 9.59 Å². The molecule has 0 aliphatic carbocycles. The van der Waals surface area contributed by atoms with Gasteiger partial charge in [-0.05, 0) is 18.1 Å². The van der Waals surface area contributed by atoms with Crippen molar-refractivity contribution >= 4 is 17.6 Å². The molecule has 2 rings (SSSR count). The van der Waals surface area contributed by atoms with Crippen molar-refractivity contribution in [3.05, 3.63) is 29.8 Å². The number of imide groups is 1.